The summed E-state index contributed by atoms with van der Waals surface area (Å²) in [7, 11) is 0. The first-order valence-corrected chi connectivity index (χ1v) is 9.46. The van der Waals surface area contributed by atoms with Gasteiger partial charge in [-0.3, -0.25) is 4.79 Å². The summed E-state index contributed by atoms with van der Waals surface area (Å²) in [5.41, 5.74) is -0.640. The van der Waals surface area contributed by atoms with Crippen LogP contribution in [0.2, 0.25) is 0 Å². The molecule has 2 atom stereocenters. The second-order valence-electron chi connectivity index (χ2n) is 5.92. The highest BCUT2D eigenvalue weighted by molar-refractivity contribution is 8.13. The average Bonchev–Trinajstić information content (AvgIpc) is 3.17. The van der Waals surface area contributed by atoms with Gasteiger partial charge in [0.1, 0.15) is 11.4 Å². The van der Waals surface area contributed by atoms with Crippen molar-refractivity contribution < 1.29 is 9.53 Å². The lowest BCUT2D eigenvalue weighted by Gasteiger charge is -2.42. The van der Waals surface area contributed by atoms with Crippen LogP contribution >= 0.6 is 23.1 Å². The van der Waals surface area contributed by atoms with Crippen molar-refractivity contribution in [3.8, 4) is 5.75 Å². The number of rotatable bonds is 1. The van der Waals surface area contributed by atoms with Crippen LogP contribution in [-0.2, 0) is 15.9 Å². The monoisotopic (exact) mass is 344 g/mol. The van der Waals surface area contributed by atoms with E-state index in [1.54, 1.807) is 11.3 Å². The van der Waals surface area contributed by atoms with Gasteiger partial charge in [-0.05, 0) is 30.7 Å². The molecule has 1 amide bonds. The molecule has 4 rings (SSSR count). The molecule has 23 heavy (non-hydrogen) atoms. The minimum absolute atomic E-state index is 0.0691. The molecule has 0 saturated heterocycles. The van der Waals surface area contributed by atoms with Crippen molar-refractivity contribution in [2.75, 3.05) is 6.26 Å². The number of carbonyl (C=O) groups excluding carboxylic acids is 1. The third kappa shape index (κ3) is 2.12. The fourth-order valence-corrected chi connectivity index (χ4v) is 4.59. The van der Waals surface area contributed by atoms with E-state index in [2.05, 4.69) is 11.4 Å². The van der Waals surface area contributed by atoms with Gasteiger partial charge < -0.3 is 10.1 Å². The SMILES string of the molecule is CSC1=NC2(CC(C)(c3cccs3)Oc3ccccc32)C(=O)N1. The number of nitrogens with zero attached hydrogens (tertiary/aromatic N) is 1. The first kappa shape index (κ1) is 14.8. The number of carbonyl (C=O) groups is 1. The third-order valence-electron chi connectivity index (χ3n) is 4.39. The second-order valence-corrected chi connectivity index (χ2v) is 7.66. The van der Waals surface area contributed by atoms with E-state index in [1.165, 1.54) is 11.8 Å². The number of thioether (sulfide) groups is 1. The van der Waals surface area contributed by atoms with Crippen LogP contribution in [0.3, 0.4) is 0 Å². The molecular weight excluding hydrogens is 328 g/mol. The maximum Gasteiger partial charge on any atom is 0.258 e. The molecule has 2 unspecified atom stereocenters. The molecule has 4 nitrogen and oxygen atoms in total. The zero-order chi connectivity index (χ0) is 16.1. The number of nitrogens with one attached hydrogen (secondary N) is 1. The largest absolute Gasteiger partial charge is 0.482 e. The molecule has 118 valence electrons. The first-order chi connectivity index (χ1) is 11.1. The van der Waals surface area contributed by atoms with Crippen molar-refractivity contribution in [3.05, 3.63) is 52.2 Å². The summed E-state index contributed by atoms with van der Waals surface area (Å²) in [5, 5.41) is 5.61. The molecule has 1 spiro atoms. The Morgan fingerprint density at radius 3 is 2.83 bits per heavy atom. The molecule has 2 aliphatic rings. The van der Waals surface area contributed by atoms with Crippen molar-refractivity contribution in [1.82, 2.24) is 5.32 Å². The summed E-state index contributed by atoms with van der Waals surface area (Å²) in [6.07, 6.45) is 2.41. The van der Waals surface area contributed by atoms with Crippen LogP contribution in [0.1, 0.15) is 23.8 Å². The van der Waals surface area contributed by atoms with Crippen LogP contribution < -0.4 is 10.1 Å². The highest BCUT2D eigenvalue weighted by atomic mass is 32.2. The van der Waals surface area contributed by atoms with E-state index in [0.717, 1.165) is 16.2 Å². The number of hydrogen-bond acceptors (Lipinski definition) is 5. The van der Waals surface area contributed by atoms with E-state index in [1.807, 2.05) is 48.9 Å². The lowest BCUT2D eigenvalue weighted by molar-refractivity contribution is -0.127. The number of aliphatic imine (C=N–C) groups is 1. The number of benzene rings is 1. The van der Waals surface area contributed by atoms with Crippen LogP contribution in [0.5, 0.6) is 5.75 Å². The summed E-state index contributed by atoms with van der Waals surface area (Å²) < 4.78 is 6.32. The molecule has 3 heterocycles. The van der Waals surface area contributed by atoms with Gasteiger partial charge in [-0.15, -0.1) is 11.3 Å². The van der Waals surface area contributed by atoms with E-state index in [-0.39, 0.29) is 5.91 Å². The van der Waals surface area contributed by atoms with Gasteiger partial charge in [-0.25, -0.2) is 4.99 Å². The third-order valence-corrected chi connectivity index (χ3v) is 6.08. The number of fused-ring (bicyclic) bond motifs is 2. The van der Waals surface area contributed by atoms with Crippen LogP contribution in [0.15, 0.2) is 46.8 Å². The van der Waals surface area contributed by atoms with E-state index in [9.17, 15) is 4.79 Å². The number of ether oxygens (including phenoxy) is 1. The zero-order valence-electron chi connectivity index (χ0n) is 12.8. The number of para-hydroxylation sites is 1. The highest BCUT2D eigenvalue weighted by Crippen LogP contribution is 2.52. The van der Waals surface area contributed by atoms with Crippen molar-refractivity contribution >= 4 is 34.2 Å². The Kier molecular flexibility index (Phi) is 3.28. The number of thiophene rings is 1. The molecule has 0 radical (unpaired) electrons. The number of amides is 1. The van der Waals surface area contributed by atoms with Crippen LogP contribution in [0.25, 0.3) is 0 Å². The second kappa shape index (κ2) is 5.11. The van der Waals surface area contributed by atoms with Crippen LogP contribution in [0.4, 0.5) is 0 Å². The van der Waals surface area contributed by atoms with Gasteiger partial charge in [-0.1, -0.05) is 36.0 Å². The summed E-state index contributed by atoms with van der Waals surface area (Å²) in [6, 6.07) is 11.8. The number of hydrogen-bond donors (Lipinski definition) is 1. The first-order valence-electron chi connectivity index (χ1n) is 7.35. The van der Waals surface area contributed by atoms with Crippen molar-refractivity contribution in [1.29, 1.82) is 0 Å². The Morgan fingerprint density at radius 1 is 1.30 bits per heavy atom. The van der Waals surface area contributed by atoms with E-state index in [0.29, 0.717) is 11.6 Å². The van der Waals surface area contributed by atoms with Crippen molar-refractivity contribution in [3.63, 3.8) is 0 Å². The summed E-state index contributed by atoms with van der Waals surface area (Å²) >= 11 is 3.10. The van der Waals surface area contributed by atoms with Gasteiger partial charge in [0.15, 0.2) is 10.7 Å². The normalized spacial score (nSPS) is 29.0. The maximum absolute atomic E-state index is 12.8. The lowest BCUT2D eigenvalue weighted by atomic mass is 9.76. The van der Waals surface area contributed by atoms with Gasteiger partial charge >= 0.3 is 0 Å². The van der Waals surface area contributed by atoms with Gasteiger partial charge in [0.05, 0.1) is 0 Å². The Hall–Kier alpha value is -1.79. The Balaban J connectivity index is 1.92. The minimum Gasteiger partial charge on any atom is -0.482 e. The summed E-state index contributed by atoms with van der Waals surface area (Å²) in [4.78, 5) is 18.7. The molecule has 2 aromatic rings. The zero-order valence-corrected chi connectivity index (χ0v) is 14.5. The predicted octanol–water partition coefficient (Wildman–Crippen LogP) is 3.49. The van der Waals surface area contributed by atoms with Gasteiger partial charge in [-0.2, -0.15) is 0 Å². The smallest absolute Gasteiger partial charge is 0.258 e. The quantitative estimate of drug-likeness (QED) is 0.861. The van der Waals surface area contributed by atoms with Crippen LogP contribution in [0, 0.1) is 0 Å². The maximum atomic E-state index is 12.8. The summed E-state index contributed by atoms with van der Waals surface area (Å²) in [5.74, 6) is 0.663. The topological polar surface area (TPSA) is 50.7 Å². The molecule has 0 fully saturated rings. The fourth-order valence-electron chi connectivity index (χ4n) is 3.33. The lowest BCUT2D eigenvalue weighted by Crippen LogP contribution is -2.48. The molecular formula is C17H16N2O2S2. The van der Waals surface area contributed by atoms with Gasteiger partial charge in [0.25, 0.3) is 5.91 Å². The molecule has 6 heteroatoms. The molecule has 0 bridgehead atoms. The van der Waals surface area contributed by atoms with Crippen LogP contribution in [-0.4, -0.2) is 17.3 Å². The predicted molar refractivity (Wildman–Crippen MR) is 94.1 cm³/mol. The standard InChI is InChI=1S/C17H16N2O2S2/c1-16(13-8-5-9-23-13)10-17(14(20)18-15(19-17)22-2)11-6-3-4-7-12(11)21-16/h3-9H,10H2,1-2H3,(H,18,19,20). The molecule has 1 N–H and O–H groups in total. The molecule has 1 aromatic carbocycles. The highest BCUT2D eigenvalue weighted by Gasteiger charge is 2.55. The van der Waals surface area contributed by atoms with E-state index < -0.39 is 11.1 Å². The average molecular weight is 344 g/mol. The Bertz CT molecular complexity index is 803. The molecule has 2 aliphatic heterocycles. The van der Waals surface area contributed by atoms with Crippen molar-refractivity contribution in [2.45, 2.75) is 24.5 Å². The van der Waals surface area contributed by atoms with E-state index in [4.69, 9.17) is 9.73 Å². The molecule has 0 saturated carbocycles. The Morgan fingerprint density at radius 2 is 2.13 bits per heavy atom. The van der Waals surface area contributed by atoms with Gasteiger partial charge in [0.2, 0.25) is 0 Å². The van der Waals surface area contributed by atoms with Crippen molar-refractivity contribution in [2.24, 2.45) is 4.99 Å². The van der Waals surface area contributed by atoms with Gasteiger partial charge in [0, 0.05) is 16.9 Å². The molecule has 1 aromatic heterocycles. The Labute approximate surface area is 143 Å². The minimum atomic E-state index is -0.911. The summed E-state index contributed by atoms with van der Waals surface area (Å²) in [6.45, 7) is 2.04. The number of amidine groups is 1. The fraction of sp³-hybridized carbons (Fsp3) is 0.294. The molecule has 0 aliphatic carbocycles. The van der Waals surface area contributed by atoms with E-state index >= 15 is 0 Å².